The first-order chi connectivity index (χ1) is 9.83. The highest BCUT2D eigenvalue weighted by atomic mass is 16.6. The summed E-state index contributed by atoms with van der Waals surface area (Å²) in [5.74, 6) is 0. The van der Waals surface area contributed by atoms with E-state index in [9.17, 15) is 4.79 Å². The van der Waals surface area contributed by atoms with Crippen LogP contribution in [0, 0.1) is 0 Å². The Kier molecular flexibility index (Phi) is 5.46. The van der Waals surface area contributed by atoms with Crippen LogP contribution in [0.3, 0.4) is 0 Å². The standard InChI is InChI=1S/C15H30N4O2/c1-11-13(17-10-16-11)9-19-7-5-12(6-8-19)18-14(20)21-15(2,3)4/h11-13,16-17H,5-10H2,1-4H3,(H,18,20). The lowest BCUT2D eigenvalue weighted by atomic mass is 10.0. The van der Waals surface area contributed by atoms with E-state index >= 15 is 0 Å². The fourth-order valence-corrected chi connectivity index (χ4v) is 2.90. The van der Waals surface area contributed by atoms with Crippen LogP contribution in [-0.2, 0) is 4.74 Å². The van der Waals surface area contributed by atoms with E-state index in [1.807, 2.05) is 20.8 Å². The first kappa shape index (κ1) is 16.5. The molecule has 21 heavy (non-hydrogen) atoms. The molecule has 0 aromatic carbocycles. The predicted octanol–water partition coefficient (Wildman–Crippen LogP) is 0.883. The Bertz CT molecular complexity index is 348. The monoisotopic (exact) mass is 298 g/mol. The molecule has 6 heteroatoms. The average molecular weight is 298 g/mol. The van der Waals surface area contributed by atoms with Gasteiger partial charge in [0.2, 0.25) is 0 Å². The summed E-state index contributed by atoms with van der Waals surface area (Å²) in [5, 5.41) is 9.87. The third-order valence-corrected chi connectivity index (χ3v) is 4.16. The number of ether oxygens (including phenoxy) is 1. The summed E-state index contributed by atoms with van der Waals surface area (Å²) in [5.41, 5.74) is -0.429. The normalized spacial score (nSPS) is 28.6. The molecule has 0 saturated carbocycles. The molecule has 0 aromatic heterocycles. The smallest absolute Gasteiger partial charge is 0.407 e. The van der Waals surface area contributed by atoms with Gasteiger partial charge in [-0.15, -0.1) is 0 Å². The average Bonchev–Trinajstić information content (AvgIpc) is 2.75. The van der Waals surface area contributed by atoms with E-state index < -0.39 is 5.60 Å². The molecule has 0 aliphatic carbocycles. The Morgan fingerprint density at radius 1 is 1.29 bits per heavy atom. The molecule has 3 N–H and O–H groups in total. The van der Waals surface area contributed by atoms with Gasteiger partial charge in [0.1, 0.15) is 5.60 Å². The summed E-state index contributed by atoms with van der Waals surface area (Å²) in [4.78, 5) is 14.2. The highest BCUT2D eigenvalue weighted by Crippen LogP contribution is 2.14. The Morgan fingerprint density at radius 2 is 1.95 bits per heavy atom. The number of alkyl carbamates (subject to hydrolysis) is 1. The summed E-state index contributed by atoms with van der Waals surface area (Å²) in [6.45, 7) is 11.9. The van der Waals surface area contributed by atoms with Crippen LogP contribution in [0.1, 0.15) is 40.5 Å². The van der Waals surface area contributed by atoms with Gasteiger partial charge in [-0.1, -0.05) is 0 Å². The van der Waals surface area contributed by atoms with Crippen LogP contribution < -0.4 is 16.0 Å². The second kappa shape index (κ2) is 6.94. The zero-order chi connectivity index (χ0) is 15.5. The van der Waals surface area contributed by atoms with Crippen molar-refractivity contribution in [2.75, 3.05) is 26.3 Å². The highest BCUT2D eigenvalue weighted by molar-refractivity contribution is 5.68. The van der Waals surface area contributed by atoms with Crippen LogP contribution in [-0.4, -0.2) is 61.0 Å². The number of piperidine rings is 1. The van der Waals surface area contributed by atoms with Crippen molar-refractivity contribution in [1.82, 2.24) is 20.9 Å². The van der Waals surface area contributed by atoms with Gasteiger partial charge in [0, 0.05) is 44.4 Å². The minimum Gasteiger partial charge on any atom is -0.444 e. The molecule has 2 unspecified atom stereocenters. The van der Waals surface area contributed by atoms with Crippen molar-refractivity contribution in [3.8, 4) is 0 Å². The Balaban J connectivity index is 1.67. The minimum absolute atomic E-state index is 0.239. The number of carbonyl (C=O) groups is 1. The van der Waals surface area contributed by atoms with Gasteiger partial charge in [-0.05, 0) is 40.5 Å². The van der Waals surface area contributed by atoms with Gasteiger partial charge in [0.15, 0.2) is 0 Å². The quantitative estimate of drug-likeness (QED) is 0.722. The fraction of sp³-hybridized carbons (Fsp3) is 0.933. The zero-order valence-corrected chi connectivity index (χ0v) is 13.7. The molecule has 2 heterocycles. The molecule has 0 bridgehead atoms. The maximum Gasteiger partial charge on any atom is 0.407 e. The molecule has 2 atom stereocenters. The van der Waals surface area contributed by atoms with Crippen molar-refractivity contribution in [2.24, 2.45) is 0 Å². The summed E-state index contributed by atoms with van der Waals surface area (Å²) in [6.07, 6.45) is 1.69. The van der Waals surface area contributed by atoms with Crippen LogP contribution in [0.5, 0.6) is 0 Å². The first-order valence-corrected chi connectivity index (χ1v) is 8.02. The number of nitrogens with one attached hydrogen (secondary N) is 3. The minimum atomic E-state index is -0.429. The van der Waals surface area contributed by atoms with E-state index in [0.29, 0.717) is 12.1 Å². The Hall–Kier alpha value is -0.850. The summed E-state index contributed by atoms with van der Waals surface area (Å²) in [7, 11) is 0. The van der Waals surface area contributed by atoms with E-state index in [-0.39, 0.29) is 12.1 Å². The second-order valence-corrected chi connectivity index (χ2v) is 7.20. The van der Waals surface area contributed by atoms with Gasteiger partial charge in [-0.25, -0.2) is 4.79 Å². The Morgan fingerprint density at radius 3 is 2.48 bits per heavy atom. The number of hydrogen-bond donors (Lipinski definition) is 3. The number of hydrogen-bond acceptors (Lipinski definition) is 5. The lowest BCUT2D eigenvalue weighted by Gasteiger charge is -2.34. The van der Waals surface area contributed by atoms with Crippen LogP contribution in [0.2, 0.25) is 0 Å². The predicted molar refractivity (Wildman–Crippen MR) is 83.2 cm³/mol. The molecule has 6 nitrogen and oxygen atoms in total. The molecule has 2 saturated heterocycles. The zero-order valence-electron chi connectivity index (χ0n) is 13.7. The molecular formula is C15H30N4O2. The molecule has 0 spiro atoms. The third kappa shape index (κ3) is 5.45. The molecule has 1 amide bonds. The summed E-state index contributed by atoms with van der Waals surface area (Å²) >= 11 is 0. The summed E-state index contributed by atoms with van der Waals surface area (Å²) in [6, 6.07) is 1.30. The van der Waals surface area contributed by atoms with E-state index in [1.165, 1.54) is 0 Å². The molecule has 122 valence electrons. The van der Waals surface area contributed by atoms with Crippen LogP contribution in [0.15, 0.2) is 0 Å². The van der Waals surface area contributed by atoms with Crippen molar-refractivity contribution < 1.29 is 9.53 Å². The molecule has 0 aromatic rings. The topological polar surface area (TPSA) is 65.6 Å². The third-order valence-electron chi connectivity index (χ3n) is 4.16. The molecule has 2 aliphatic rings. The van der Waals surface area contributed by atoms with Gasteiger partial charge in [-0.2, -0.15) is 0 Å². The Labute approximate surface area is 128 Å². The lowest BCUT2D eigenvalue weighted by molar-refractivity contribution is 0.0477. The lowest BCUT2D eigenvalue weighted by Crippen LogP contribution is -2.50. The molecular weight excluding hydrogens is 268 g/mol. The first-order valence-electron chi connectivity index (χ1n) is 8.02. The summed E-state index contributed by atoms with van der Waals surface area (Å²) < 4.78 is 5.31. The fourth-order valence-electron chi connectivity index (χ4n) is 2.90. The number of nitrogens with zero attached hydrogens (tertiary/aromatic N) is 1. The van der Waals surface area contributed by atoms with E-state index in [4.69, 9.17) is 4.74 Å². The molecule has 2 aliphatic heterocycles. The molecule has 2 fully saturated rings. The number of amides is 1. The van der Waals surface area contributed by atoms with Crippen molar-refractivity contribution in [3.05, 3.63) is 0 Å². The number of likely N-dealkylation sites (tertiary alicyclic amines) is 1. The maximum absolute atomic E-state index is 11.8. The van der Waals surface area contributed by atoms with E-state index in [1.54, 1.807) is 0 Å². The van der Waals surface area contributed by atoms with Gasteiger partial charge in [-0.3, -0.25) is 5.32 Å². The van der Waals surface area contributed by atoms with Gasteiger partial charge < -0.3 is 20.3 Å². The van der Waals surface area contributed by atoms with Gasteiger partial charge in [0.25, 0.3) is 0 Å². The number of carbonyl (C=O) groups excluding carboxylic acids is 1. The molecule has 2 rings (SSSR count). The van der Waals surface area contributed by atoms with Crippen LogP contribution in [0.25, 0.3) is 0 Å². The van der Waals surface area contributed by atoms with Crippen molar-refractivity contribution in [1.29, 1.82) is 0 Å². The van der Waals surface area contributed by atoms with Crippen molar-refractivity contribution >= 4 is 6.09 Å². The van der Waals surface area contributed by atoms with Crippen molar-refractivity contribution in [3.63, 3.8) is 0 Å². The van der Waals surface area contributed by atoms with E-state index in [0.717, 1.165) is 39.1 Å². The number of rotatable bonds is 3. The van der Waals surface area contributed by atoms with E-state index in [2.05, 4.69) is 27.8 Å². The SMILES string of the molecule is CC1NCNC1CN1CCC(NC(=O)OC(C)(C)C)CC1. The highest BCUT2D eigenvalue weighted by Gasteiger charge is 2.28. The van der Waals surface area contributed by atoms with Gasteiger partial charge >= 0.3 is 6.09 Å². The van der Waals surface area contributed by atoms with Crippen LogP contribution >= 0.6 is 0 Å². The van der Waals surface area contributed by atoms with Crippen molar-refractivity contribution in [2.45, 2.75) is 64.3 Å². The van der Waals surface area contributed by atoms with Gasteiger partial charge in [0.05, 0.1) is 0 Å². The largest absolute Gasteiger partial charge is 0.444 e. The van der Waals surface area contributed by atoms with Crippen LogP contribution in [0.4, 0.5) is 4.79 Å². The second-order valence-electron chi connectivity index (χ2n) is 7.20. The molecule has 0 radical (unpaired) electrons. The maximum atomic E-state index is 11.8.